The Labute approximate surface area is 139 Å². The summed E-state index contributed by atoms with van der Waals surface area (Å²) >= 11 is 3.36. The van der Waals surface area contributed by atoms with Crippen molar-refractivity contribution in [3.8, 4) is 5.75 Å². The third-order valence-corrected chi connectivity index (χ3v) is 5.76. The van der Waals surface area contributed by atoms with E-state index in [1.165, 1.54) is 0 Å². The molecule has 1 amide bonds. The van der Waals surface area contributed by atoms with Crippen LogP contribution in [0.1, 0.15) is 30.6 Å². The van der Waals surface area contributed by atoms with Crippen LogP contribution >= 0.6 is 15.9 Å². The lowest BCUT2D eigenvalue weighted by Crippen LogP contribution is -2.30. The van der Waals surface area contributed by atoms with Crippen molar-refractivity contribution in [1.82, 2.24) is 5.32 Å². The molecule has 1 unspecified atom stereocenters. The molecular weight excluding hydrogens is 370 g/mol. The first-order valence-electron chi connectivity index (χ1n) is 7.21. The van der Waals surface area contributed by atoms with Gasteiger partial charge in [0.1, 0.15) is 5.75 Å². The molecule has 2 rings (SSSR count). The number of rotatable bonds is 5. The SMILES string of the molecule is CC(C)Oc1cc(Br)ccc1C(=O)NCC1CCS(=O)(=O)C1. The minimum atomic E-state index is -2.92. The van der Waals surface area contributed by atoms with Crippen LogP contribution in [0, 0.1) is 5.92 Å². The Bertz CT molecular complexity index is 658. The van der Waals surface area contributed by atoms with Crippen molar-refractivity contribution in [2.45, 2.75) is 26.4 Å². The van der Waals surface area contributed by atoms with Gasteiger partial charge in [0.2, 0.25) is 0 Å². The molecule has 0 radical (unpaired) electrons. The Balaban J connectivity index is 2.03. The Morgan fingerprint density at radius 1 is 1.45 bits per heavy atom. The van der Waals surface area contributed by atoms with Gasteiger partial charge in [-0.2, -0.15) is 0 Å². The fourth-order valence-corrected chi connectivity index (χ4v) is 4.60. The smallest absolute Gasteiger partial charge is 0.255 e. The monoisotopic (exact) mass is 389 g/mol. The van der Waals surface area contributed by atoms with E-state index in [4.69, 9.17) is 4.74 Å². The number of benzene rings is 1. The number of hydrogen-bond donors (Lipinski definition) is 1. The predicted molar refractivity (Wildman–Crippen MR) is 89.0 cm³/mol. The van der Waals surface area contributed by atoms with Crippen molar-refractivity contribution in [3.63, 3.8) is 0 Å². The van der Waals surface area contributed by atoms with Crippen LogP contribution in [0.4, 0.5) is 0 Å². The number of carbonyl (C=O) groups is 1. The molecule has 0 bridgehead atoms. The summed E-state index contributed by atoms with van der Waals surface area (Å²) in [5.74, 6) is 0.642. The van der Waals surface area contributed by atoms with Gasteiger partial charge in [-0.3, -0.25) is 4.79 Å². The molecule has 1 aliphatic heterocycles. The molecule has 0 saturated carbocycles. The summed E-state index contributed by atoms with van der Waals surface area (Å²) in [5, 5.41) is 2.81. The number of ether oxygens (including phenoxy) is 1. The first-order chi connectivity index (χ1) is 10.3. The molecule has 0 aliphatic carbocycles. The second kappa shape index (κ2) is 7.00. The molecule has 1 atom stereocenters. The van der Waals surface area contributed by atoms with Crippen LogP contribution in [0.3, 0.4) is 0 Å². The second-order valence-corrected chi connectivity index (χ2v) is 8.93. The molecular formula is C15H20BrNO4S. The van der Waals surface area contributed by atoms with Crippen LogP contribution in [-0.4, -0.2) is 38.5 Å². The zero-order valence-corrected chi connectivity index (χ0v) is 15.0. The minimum absolute atomic E-state index is 0.00105. The van der Waals surface area contributed by atoms with E-state index in [0.29, 0.717) is 24.3 Å². The highest BCUT2D eigenvalue weighted by molar-refractivity contribution is 9.10. The number of nitrogens with one attached hydrogen (secondary N) is 1. The third-order valence-electron chi connectivity index (χ3n) is 3.43. The van der Waals surface area contributed by atoms with Gasteiger partial charge < -0.3 is 10.1 Å². The zero-order chi connectivity index (χ0) is 16.3. The number of halogens is 1. The van der Waals surface area contributed by atoms with Crippen molar-refractivity contribution in [2.75, 3.05) is 18.1 Å². The fourth-order valence-electron chi connectivity index (χ4n) is 2.40. The lowest BCUT2D eigenvalue weighted by Gasteiger charge is -2.15. The van der Waals surface area contributed by atoms with Crippen molar-refractivity contribution in [3.05, 3.63) is 28.2 Å². The van der Waals surface area contributed by atoms with Crippen LogP contribution in [0.5, 0.6) is 5.75 Å². The summed E-state index contributed by atoms with van der Waals surface area (Å²) in [6.45, 7) is 4.16. The van der Waals surface area contributed by atoms with E-state index in [9.17, 15) is 13.2 Å². The molecule has 0 aromatic heterocycles. The van der Waals surface area contributed by atoms with Crippen molar-refractivity contribution in [1.29, 1.82) is 0 Å². The first kappa shape index (κ1) is 17.3. The molecule has 122 valence electrons. The van der Waals surface area contributed by atoms with E-state index in [0.717, 1.165) is 4.47 Å². The van der Waals surface area contributed by atoms with Gasteiger partial charge in [0.15, 0.2) is 9.84 Å². The van der Waals surface area contributed by atoms with Crippen molar-refractivity contribution >= 4 is 31.7 Å². The fraction of sp³-hybridized carbons (Fsp3) is 0.533. The molecule has 1 heterocycles. The van der Waals surface area contributed by atoms with Crippen LogP contribution in [0.2, 0.25) is 0 Å². The van der Waals surface area contributed by atoms with Gasteiger partial charge in [0.25, 0.3) is 5.91 Å². The maximum atomic E-state index is 12.3. The van der Waals surface area contributed by atoms with Crippen LogP contribution in [-0.2, 0) is 9.84 Å². The highest BCUT2D eigenvalue weighted by atomic mass is 79.9. The molecule has 1 saturated heterocycles. The summed E-state index contributed by atoms with van der Waals surface area (Å²) < 4.78 is 29.4. The van der Waals surface area contributed by atoms with Gasteiger partial charge in [-0.15, -0.1) is 0 Å². The Hall–Kier alpha value is -1.08. The molecule has 7 heteroatoms. The van der Waals surface area contributed by atoms with Crippen molar-refractivity contribution in [2.24, 2.45) is 5.92 Å². The normalized spacial score (nSPS) is 20.1. The van der Waals surface area contributed by atoms with E-state index in [-0.39, 0.29) is 29.4 Å². The highest BCUT2D eigenvalue weighted by Gasteiger charge is 2.28. The van der Waals surface area contributed by atoms with Crippen LogP contribution < -0.4 is 10.1 Å². The predicted octanol–water partition coefficient (Wildman–Crippen LogP) is 2.40. The molecule has 22 heavy (non-hydrogen) atoms. The summed E-state index contributed by atoms with van der Waals surface area (Å²) in [6, 6.07) is 5.24. The standard InChI is InChI=1S/C15H20BrNO4S/c1-10(2)21-14-7-12(16)3-4-13(14)15(18)17-8-11-5-6-22(19,20)9-11/h3-4,7,10-11H,5-6,8-9H2,1-2H3,(H,17,18). The van der Waals surface area contributed by atoms with E-state index < -0.39 is 9.84 Å². The average molecular weight is 390 g/mol. The van der Waals surface area contributed by atoms with Crippen LogP contribution in [0.15, 0.2) is 22.7 Å². The average Bonchev–Trinajstić information content (AvgIpc) is 2.75. The molecule has 1 aliphatic rings. The second-order valence-electron chi connectivity index (χ2n) is 5.79. The lowest BCUT2D eigenvalue weighted by molar-refractivity contribution is 0.0942. The molecule has 1 aromatic rings. The van der Waals surface area contributed by atoms with Gasteiger partial charge >= 0.3 is 0 Å². The van der Waals surface area contributed by atoms with Crippen LogP contribution in [0.25, 0.3) is 0 Å². The quantitative estimate of drug-likeness (QED) is 0.838. The van der Waals surface area contributed by atoms with Crippen molar-refractivity contribution < 1.29 is 17.9 Å². The maximum absolute atomic E-state index is 12.3. The molecule has 1 fully saturated rings. The number of sulfone groups is 1. The van der Waals surface area contributed by atoms with E-state index in [2.05, 4.69) is 21.2 Å². The molecule has 0 spiro atoms. The van der Waals surface area contributed by atoms with Gasteiger partial charge in [-0.25, -0.2) is 8.42 Å². The van der Waals surface area contributed by atoms with E-state index in [1.54, 1.807) is 18.2 Å². The van der Waals surface area contributed by atoms with Gasteiger partial charge in [-0.05, 0) is 44.4 Å². The summed E-state index contributed by atoms with van der Waals surface area (Å²) in [6.07, 6.45) is 0.569. The summed E-state index contributed by atoms with van der Waals surface area (Å²) in [7, 11) is -2.92. The molecule has 1 aromatic carbocycles. The number of carbonyl (C=O) groups excluding carboxylic acids is 1. The van der Waals surface area contributed by atoms with E-state index in [1.807, 2.05) is 13.8 Å². The van der Waals surface area contributed by atoms with Gasteiger partial charge in [0, 0.05) is 11.0 Å². The topological polar surface area (TPSA) is 72.5 Å². The Kier molecular flexibility index (Phi) is 5.50. The third kappa shape index (κ3) is 4.71. The van der Waals surface area contributed by atoms with Gasteiger partial charge in [-0.1, -0.05) is 15.9 Å². The first-order valence-corrected chi connectivity index (χ1v) is 9.83. The van der Waals surface area contributed by atoms with E-state index >= 15 is 0 Å². The molecule has 5 nitrogen and oxygen atoms in total. The Morgan fingerprint density at radius 2 is 2.18 bits per heavy atom. The lowest BCUT2D eigenvalue weighted by atomic mass is 10.1. The number of hydrogen-bond acceptors (Lipinski definition) is 4. The number of amides is 1. The zero-order valence-electron chi connectivity index (χ0n) is 12.6. The highest BCUT2D eigenvalue weighted by Crippen LogP contribution is 2.25. The molecule has 1 N–H and O–H groups in total. The summed E-state index contributed by atoms with van der Waals surface area (Å²) in [5.41, 5.74) is 0.456. The van der Waals surface area contributed by atoms with Gasteiger partial charge in [0.05, 0.1) is 23.2 Å². The largest absolute Gasteiger partial charge is 0.490 e. The maximum Gasteiger partial charge on any atom is 0.255 e. The minimum Gasteiger partial charge on any atom is -0.490 e. The Morgan fingerprint density at radius 3 is 2.77 bits per heavy atom. The summed E-state index contributed by atoms with van der Waals surface area (Å²) in [4.78, 5) is 12.3.